The van der Waals surface area contributed by atoms with Gasteiger partial charge in [0.05, 0.1) is 22.6 Å². The molecular formula is C15H12ClN3O6. The number of carbonyl (C=O) groups excluding carboxylic acids is 1. The van der Waals surface area contributed by atoms with E-state index in [1.54, 1.807) is 13.0 Å². The van der Waals surface area contributed by atoms with E-state index in [4.69, 9.17) is 16.3 Å². The Balaban J connectivity index is 2.45. The summed E-state index contributed by atoms with van der Waals surface area (Å²) in [5.41, 5.74) is -0.394. The van der Waals surface area contributed by atoms with Crippen LogP contribution in [0.3, 0.4) is 0 Å². The van der Waals surface area contributed by atoms with E-state index in [2.05, 4.69) is 5.32 Å². The summed E-state index contributed by atoms with van der Waals surface area (Å²) >= 11 is 5.96. The molecule has 1 N–H and O–H groups in total. The van der Waals surface area contributed by atoms with Crippen LogP contribution in [0.25, 0.3) is 0 Å². The Morgan fingerprint density at radius 2 is 1.68 bits per heavy atom. The lowest BCUT2D eigenvalue weighted by Crippen LogP contribution is -2.12. The van der Waals surface area contributed by atoms with Crippen molar-refractivity contribution in [2.45, 2.75) is 6.92 Å². The van der Waals surface area contributed by atoms with Crippen LogP contribution in [-0.4, -0.2) is 22.9 Å². The fourth-order valence-corrected chi connectivity index (χ4v) is 2.27. The minimum Gasteiger partial charge on any atom is -0.485 e. The van der Waals surface area contributed by atoms with Crippen molar-refractivity contribution < 1.29 is 19.4 Å². The molecule has 9 nitrogen and oxygen atoms in total. The van der Waals surface area contributed by atoms with Gasteiger partial charge in [-0.1, -0.05) is 17.7 Å². The van der Waals surface area contributed by atoms with Gasteiger partial charge in [0.25, 0.3) is 11.7 Å². The zero-order chi connectivity index (χ0) is 18.7. The number of nitro benzene ring substituents is 2. The third-order valence-electron chi connectivity index (χ3n) is 3.34. The summed E-state index contributed by atoms with van der Waals surface area (Å²) in [7, 11) is 1.09. The molecule has 1 amide bonds. The summed E-state index contributed by atoms with van der Waals surface area (Å²) in [4.78, 5) is 32.8. The van der Waals surface area contributed by atoms with Crippen molar-refractivity contribution in [3.05, 3.63) is 66.7 Å². The van der Waals surface area contributed by atoms with Crippen LogP contribution < -0.4 is 10.1 Å². The molecule has 2 aromatic rings. The molecule has 0 aromatic heterocycles. The normalized spacial score (nSPS) is 10.2. The Morgan fingerprint density at radius 3 is 2.12 bits per heavy atom. The first-order chi connectivity index (χ1) is 11.7. The van der Waals surface area contributed by atoms with Crippen LogP contribution in [0.1, 0.15) is 15.9 Å². The van der Waals surface area contributed by atoms with Crippen LogP contribution in [0.4, 0.5) is 17.1 Å². The molecule has 130 valence electrons. The summed E-state index contributed by atoms with van der Waals surface area (Å²) in [5.74, 6) is -1.11. The molecule has 0 bridgehead atoms. The molecule has 0 radical (unpaired) electrons. The first kappa shape index (κ1) is 18.1. The predicted octanol–water partition coefficient (Wildman–Crippen LogP) is 3.73. The molecule has 0 aliphatic carbocycles. The van der Waals surface area contributed by atoms with Crippen LogP contribution in [0.2, 0.25) is 5.02 Å². The molecule has 0 heterocycles. The SMILES string of the molecule is COc1c([N+](=O)[O-])cc(NC(=O)c2ccc(C)c(Cl)c2)cc1[N+](=O)[O-]. The fraction of sp³-hybridized carbons (Fsp3) is 0.133. The highest BCUT2D eigenvalue weighted by Crippen LogP contribution is 2.39. The second kappa shape index (κ2) is 7.14. The Labute approximate surface area is 146 Å². The zero-order valence-electron chi connectivity index (χ0n) is 13.1. The Bertz CT molecular complexity index is 849. The first-order valence-corrected chi connectivity index (χ1v) is 7.20. The van der Waals surface area contributed by atoms with Gasteiger partial charge in [-0.15, -0.1) is 0 Å². The van der Waals surface area contributed by atoms with Gasteiger partial charge in [0.15, 0.2) is 0 Å². The molecule has 2 rings (SSSR count). The molecule has 0 spiro atoms. The second-order valence-corrected chi connectivity index (χ2v) is 5.39. The Kier molecular flexibility index (Phi) is 5.18. The lowest BCUT2D eigenvalue weighted by atomic mass is 10.1. The van der Waals surface area contributed by atoms with Crippen molar-refractivity contribution in [2.75, 3.05) is 12.4 Å². The third-order valence-corrected chi connectivity index (χ3v) is 3.75. The molecule has 0 saturated heterocycles. The summed E-state index contributed by atoms with van der Waals surface area (Å²) < 4.78 is 4.76. The van der Waals surface area contributed by atoms with E-state index in [0.717, 1.165) is 24.8 Å². The maximum Gasteiger partial charge on any atom is 0.320 e. The summed E-state index contributed by atoms with van der Waals surface area (Å²) in [6.07, 6.45) is 0. The van der Waals surface area contributed by atoms with Gasteiger partial charge in [-0.05, 0) is 24.6 Å². The predicted molar refractivity (Wildman–Crippen MR) is 90.4 cm³/mol. The number of aryl methyl sites for hydroxylation is 1. The molecule has 25 heavy (non-hydrogen) atoms. The second-order valence-electron chi connectivity index (χ2n) is 4.98. The van der Waals surface area contributed by atoms with Gasteiger partial charge >= 0.3 is 11.4 Å². The average Bonchev–Trinajstić information content (AvgIpc) is 2.56. The van der Waals surface area contributed by atoms with Gasteiger partial charge in [0, 0.05) is 22.7 Å². The number of nitrogens with one attached hydrogen (secondary N) is 1. The topological polar surface area (TPSA) is 125 Å². The molecule has 2 aromatic carbocycles. The third kappa shape index (κ3) is 3.83. The molecule has 0 aliphatic heterocycles. The monoisotopic (exact) mass is 365 g/mol. The number of ether oxygens (including phenoxy) is 1. The summed E-state index contributed by atoms with van der Waals surface area (Å²) in [6.45, 7) is 1.76. The minimum absolute atomic E-state index is 0.110. The molecular weight excluding hydrogens is 354 g/mol. The number of hydrogen-bond acceptors (Lipinski definition) is 6. The summed E-state index contributed by atoms with van der Waals surface area (Å²) in [6, 6.07) is 6.55. The zero-order valence-corrected chi connectivity index (χ0v) is 13.9. The lowest BCUT2D eigenvalue weighted by Gasteiger charge is -2.09. The van der Waals surface area contributed by atoms with Crippen molar-refractivity contribution >= 4 is 34.6 Å². The standard InChI is InChI=1S/C15H12ClN3O6/c1-8-3-4-9(5-11(8)16)15(20)17-10-6-12(18(21)22)14(25-2)13(7-10)19(23)24/h3-7H,1-2H3,(H,17,20). The van der Waals surface area contributed by atoms with Gasteiger partial charge in [0.2, 0.25) is 0 Å². The lowest BCUT2D eigenvalue weighted by molar-refractivity contribution is -0.395. The number of hydrogen-bond donors (Lipinski definition) is 1. The van der Waals surface area contributed by atoms with Crippen molar-refractivity contribution in [2.24, 2.45) is 0 Å². The molecule has 0 atom stereocenters. The number of anilines is 1. The van der Waals surface area contributed by atoms with Crippen LogP contribution in [-0.2, 0) is 0 Å². The number of rotatable bonds is 5. The van der Waals surface area contributed by atoms with E-state index in [9.17, 15) is 25.0 Å². The highest BCUT2D eigenvalue weighted by Gasteiger charge is 2.28. The van der Waals surface area contributed by atoms with E-state index in [1.165, 1.54) is 12.1 Å². The van der Waals surface area contributed by atoms with Crippen molar-refractivity contribution in [1.29, 1.82) is 0 Å². The quantitative estimate of drug-likeness (QED) is 0.635. The number of nitro groups is 2. The maximum absolute atomic E-state index is 12.3. The Hall–Kier alpha value is -3.20. The molecule has 0 aliphatic rings. The smallest absolute Gasteiger partial charge is 0.320 e. The highest BCUT2D eigenvalue weighted by atomic mass is 35.5. The van der Waals surface area contributed by atoms with Crippen molar-refractivity contribution in [1.82, 2.24) is 0 Å². The molecule has 0 saturated carbocycles. The fourth-order valence-electron chi connectivity index (χ4n) is 2.09. The van der Waals surface area contributed by atoms with Gasteiger partial charge in [-0.2, -0.15) is 0 Å². The number of nitrogens with zero attached hydrogens (tertiary/aromatic N) is 2. The van der Waals surface area contributed by atoms with Crippen molar-refractivity contribution in [3.63, 3.8) is 0 Å². The van der Waals surface area contributed by atoms with E-state index in [0.29, 0.717) is 5.02 Å². The largest absolute Gasteiger partial charge is 0.485 e. The van der Waals surface area contributed by atoms with Crippen LogP contribution >= 0.6 is 11.6 Å². The van der Waals surface area contributed by atoms with Crippen LogP contribution in [0.5, 0.6) is 5.75 Å². The van der Waals surface area contributed by atoms with E-state index in [1.807, 2.05) is 0 Å². The van der Waals surface area contributed by atoms with Crippen LogP contribution in [0.15, 0.2) is 30.3 Å². The van der Waals surface area contributed by atoms with Crippen LogP contribution in [0, 0.1) is 27.2 Å². The first-order valence-electron chi connectivity index (χ1n) is 6.83. The highest BCUT2D eigenvalue weighted by molar-refractivity contribution is 6.31. The van der Waals surface area contributed by atoms with Gasteiger partial charge in [-0.3, -0.25) is 25.0 Å². The average molecular weight is 366 g/mol. The summed E-state index contributed by atoms with van der Waals surface area (Å²) in [5, 5.41) is 25.0. The van der Waals surface area contributed by atoms with Gasteiger partial charge < -0.3 is 10.1 Å². The minimum atomic E-state index is -0.829. The van der Waals surface area contributed by atoms with Gasteiger partial charge in [-0.25, -0.2) is 0 Å². The molecule has 0 fully saturated rings. The maximum atomic E-state index is 12.3. The number of methoxy groups -OCH3 is 1. The van der Waals surface area contributed by atoms with Gasteiger partial charge in [0.1, 0.15) is 0 Å². The number of halogens is 1. The number of benzene rings is 2. The number of amides is 1. The van der Waals surface area contributed by atoms with E-state index >= 15 is 0 Å². The number of carbonyl (C=O) groups is 1. The Morgan fingerprint density at radius 1 is 1.12 bits per heavy atom. The molecule has 10 heteroatoms. The van der Waals surface area contributed by atoms with Crippen molar-refractivity contribution in [3.8, 4) is 5.75 Å². The molecule has 0 unspecified atom stereocenters. The van der Waals surface area contributed by atoms with E-state index in [-0.39, 0.29) is 11.3 Å². The van der Waals surface area contributed by atoms with E-state index < -0.39 is 32.9 Å².